The third kappa shape index (κ3) is 3.65. The Hall–Kier alpha value is -1.63. The maximum atomic E-state index is 10.1. The van der Waals surface area contributed by atoms with Crippen molar-refractivity contribution in [1.29, 1.82) is 0 Å². The number of aliphatic hydroxyl groups excluding tert-OH is 1. The molecule has 2 aromatic rings. The van der Waals surface area contributed by atoms with Gasteiger partial charge in [0.05, 0.1) is 17.9 Å². The molecule has 0 saturated heterocycles. The minimum atomic E-state index is -0.933. The van der Waals surface area contributed by atoms with Crippen molar-refractivity contribution in [3.05, 3.63) is 29.7 Å². The van der Waals surface area contributed by atoms with Crippen LogP contribution < -0.4 is 5.32 Å². The Morgan fingerprint density at radius 1 is 1.43 bits per heavy atom. The lowest BCUT2D eigenvalue weighted by molar-refractivity contribution is -0.0438. The van der Waals surface area contributed by atoms with Gasteiger partial charge in [-0.05, 0) is 37.8 Å². The highest BCUT2D eigenvalue weighted by Crippen LogP contribution is 2.33. The molecule has 1 fully saturated rings. The van der Waals surface area contributed by atoms with Crippen molar-refractivity contribution >= 4 is 17.3 Å². The van der Waals surface area contributed by atoms with Gasteiger partial charge in [0, 0.05) is 36.7 Å². The van der Waals surface area contributed by atoms with Crippen LogP contribution in [0.2, 0.25) is 5.15 Å². The third-order valence-electron chi connectivity index (χ3n) is 4.43. The lowest BCUT2D eigenvalue weighted by Crippen LogP contribution is -2.41. The molecule has 1 aliphatic rings. The first kappa shape index (κ1) is 16.2. The first-order valence-electron chi connectivity index (χ1n) is 7.74. The van der Waals surface area contributed by atoms with Gasteiger partial charge < -0.3 is 15.5 Å². The molecule has 1 aliphatic carbocycles. The van der Waals surface area contributed by atoms with Crippen LogP contribution in [0.3, 0.4) is 0 Å². The van der Waals surface area contributed by atoms with Crippen molar-refractivity contribution in [2.45, 2.75) is 37.3 Å². The van der Waals surface area contributed by atoms with Crippen LogP contribution in [0.15, 0.2) is 24.5 Å². The summed E-state index contributed by atoms with van der Waals surface area (Å²) in [7, 11) is 1.87. The van der Waals surface area contributed by atoms with Crippen molar-refractivity contribution in [3.63, 3.8) is 0 Å². The van der Waals surface area contributed by atoms with Crippen LogP contribution in [0.1, 0.15) is 25.7 Å². The van der Waals surface area contributed by atoms with Crippen molar-refractivity contribution in [2.24, 2.45) is 7.05 Å². The lowest BCUT2D eigenvalue weighted by Gasteiger charge is -2.35. The van der Waals surface area contributed by atoms with Gasteiger partial charge in [-0.1, -0.05) is 11.6 Å². The summed E-state index contributed by atoms with van der Waals surface area (Å²) in [5.74, 6) is 0. The zero-order valence-electron chi connectivity index (χ0n) is 13.0. The van der Waals surface area contributed by atoms with Crippen LogP contribution in [-0.2, 0) is 7.05 Å². The van der Waals surface area contributed by atoms with Crippen LogP contribution in [0.4, 0.5) is 5.69 Å². The zero-order chi connectivity index (χ0) is 16.4. The molecule has 0 radical (unpaired) electrons. The molecule has 0 spiro atoms. The van der Waals surface area contributed by atoms with Gasteiger partial charge in [0.15, 0.2) is 0 Å². The molecule has 0 amide bonds. The van der Waals surface area contributed by atoms with E-state index in [0.29, 0.717) is 18.0 Å². The van der Waals surface area contributed by atoms with Gasteiger partial charge in [-0.25, -0.2) is 4.98 Å². The highest BCUT2D eigenvalue weighted by Gasteiger charge is 2.32. The van der Waals surface area contributed by atoms with Crippen molar-refractivity contribution in [2.75, 3.05) is 11.9 Å². The van der Waals surface area contributed by atoms with Crippen molar-refractivity contribution in [1.82, 2.24) is 14.8 Å². The fourth-order valence-corrected chi connectivity index (χ4v) is 3.15. The predicted molar refractivity (Wildman–Crippen MR) is 89.4 cm³/mol. The summed E-state index contributed by atoms with van der Waals surface area (Å²) in [5, 5.41) is 27.7. The average molecular weight is 337 g/mol. The standard InChI is InChI=1S/C16H21ClN4O2/c1-21-7-4-13(20-21)12-9-18-15(17)8-14(12)19-11-2-5-16(23,10-22)6-3-11/h4,7-9,11,22-23H,2-3,5-6,10H2,1H3,(H,18,19). The normalized spacial score (nSPS) is 24.6. The minimum absolute atomic E-state index is 0.181. The quantitative estimate of drug-likeness (QED) is 0.746. The highest BCUT2D eigenvalue weighted by molar-refractivity contribution is 6.29. The Labute approximate surface area is 140 Å². The summed E-state index contributed by atoms with van der Waals surface area (Å²) in [4.78, 5) is 4.16. The molecule has 7 heteroatoms. The largest absolute Gasteiger partial charge is 0.393 e. The number of halogens is 1. The molecule has 2 aromatic heterocycles. The average Bonchev–Trinajstić information content (AvgIpc) is 2.96. The number of nitrogens with zero attached hydrogens (tertiary/aromatic N) is 3. The van der Waals surface area contributed by atoms with Gasteiger partial charge in [0.25, 0.3) is 0 Å². The highest BCUT2D eigenvalue weighted by atomic mass is 35.5. The minimum Gasteiger partial charge on any atom is -0.393 e. The summed E-state index contributed by atoms with van der Waals surface area (Å²) < 4.78 is 1.75. The Morgan fingerprint density at radius 2 is 2.17 bits per heavy atom. The number of aryl methyl sites for hydroxylation is 1. The number of pyridine rings is 1. The monoisotopic (exact) mass is 336 g/mol. The Morgan fingerprint density at radius 3 is 2.78 bits per heavy atom. The van der Waals surface area contributed by atoms with E-state index < -0.39 is 5.60 Å². The molecular formula is C16H21ClN4O2. The zero-order valence-corrected chi connectivity index (χ0v) is 13.8. The number of hydrogen-bond acceptors (Lipinski definition) is 5. The van der Waals surface area contributed by atoms with Crippen LogP contribution in [0, 0.1) is 0 Å². The second kappa shape index (κ2) is 6.47. The van der Waals surface area contributed by atoms with Gasteiger partial charge in [-0.15, -0.1) is 0 Å². The molecule has 0 bridgehead atoms. The van der Waals surface area contributed by atoms with Gasteiger partial charge in [-0.2, -0.15) is 5.10 Å². The van der Waals surface area contributed by atoms with E-state index in [2.05, 4.69) is 15.4 Å². The maximum Gasteiger partial charge on any atom is 0.131 e. The molecule has 0 aliphatic heterocycles. The number of hydrogen-bond donors (Lipinski definition) is 3. The molecule has 124 valence electrons. The van der Waals surface area contributed by atoms with Gasteiger partial charge in [0.2, 0.25) is 0 Å². The number of aliphatic hydroxyl groups is 2. The van der Waals surface area contributed by atoms with E-state index in [1.165, 1.54) is 0 Å². The second-order valence-electron chi connectivity index (χ2n) is 6.23. The number of rotatable bonds is 4. The topological polar surface area (TPSA) is 83.2 Å². The Balaban J connectivity index is 1.79. The van der Waals surface area contributed by atoms with Gasteiger partial charge >= 0.3 is 0 Å². The molecule has 23 heavy (non-hydrogen) atoms. The van der Waals surface area contributed by atoms with Crippen molar-refractivity contribution in [3.8, 4) is 11.3 Å². The van der Waals surface area contributed by atoms with E-state index in [1.807, 2.05) is 19.3 Å². The first-order chi connectivity index (χ1) is 11.0. The fourth-order valence-electron chi connectivity index (χ4n) is 2.99. The molecule has 2 heterocycles. The van der Waals surface area contributed by atoms with E-state index in [9.17, 15) is 10.2 Å². The third-order valence-corrected chi connectivity index (χ3v) is 4.64. The molecule has 3 N–H and O–H groups in total. The predicted octanol–water partition coefficient (Wildman–Crippen LogP) is 2.21. The molecule has 0 aromatic carbocycles. The van der Waals surface area contributed by atoms with Crippen LogP contribution in [0.5, 0.6) is 0 Å². The SMILES string of the molecule is Cn1ccc(-c2cnc(Cl)cc2NC2CCC(O)(CO)CC2)n1. The van der Waals surface area contributed by atoms with Crippen LogP contribution in [-0.4, -0.2) is 43.2 Å². The van der Waals surface area contributed by atoms with E-state index in [0.717, 1.165) is 29.8 Å². The Kier molecular flexibility index (Phi) is 4.57. The van der Waals surface area contributed by atoms with Crippen LogP contribution in [0.25, 0.3) is 11.3 Å². The van der Waals surface area contributed by atoms with E-state index in [-0.39, 0.29) is 12.6 Å². The summed E-state index contributed by atoms with van der Waals surface area (Å²) in [6.07, 6.45) is 6.35. The Bertz CT molecular complexity index is 680. The van der Waals surface area contributed by atoms with Crippen molar-refractivity contribution < 1.29 is 10.2 Å². The summed E-state index contributed by atoms with van der Waals surface area (Å²) >= 11 is 6.05. The number of aromatic nitrogens is 3. The number of nitrogens with one attached hydrogen (secondary N) is 1. The molecule has 0 atom stereocenters. The second-order valence-corrected chi connectivity index (χ2v) is 6.62. The van der Waals surface area contributed by atoms with Gasteiger partial charge in [-0.3, -0.25) is 4.68 Å². The van der Waals surface area contributed by atoms with Gasteiger partial charge in [0.1, 0.15) is 5.15 Å². The molecule has 6 nitrogen and oxygen atoms in total. The van der Waals surface area contributed by atoms with Crippen LogP contribution >= 0.6 is 11.6 Å². The lowest BCUT2D eigenvalue weighted by atomic mass is 9.82. The summed E-state index contributed by atoms with van der Waals surface area (Å²) in [6.45, 7) is -0.181. The maximum absolute atomic E-state index is 10.1. The van der Waals surface area contributed by atoms with E-state index in [4.69, 9.17) is 11.6 Å². The summed E-state index contributed by atoms with van der Waals surface area (Å²) in [5.41, 5.74) is 1.70. The number of anilines is 1. The van der Waals surface area contributed by atoms with E-state index >= 15 is 0 Å². The smallest absolute Gasteiger partial charge is 0.131 e. The molecule has 0 unspecified atom stereocenters. The first-order valence-corrected chi connectivity index (χ1v) is 8.12. The molecular weight excluding hydrogens is 316 g/mol. The molecule has 1 saturated carbocycles. The van der Waals surface area contributed by atoms with E-state index in [1.54, 1.807) is 16.9 Å². The molecule has 3 rings (SSSR count). The fraction of sp³-hybridized carbons (Fsp3) is 0.500. The summed E-state index contributed by atoms with van der Waals surface area (Å²) in [6, 6.07) is 3.96.